The van der Waals surface area contributed by atoms with Crippen LogP contribution in [0.1, 0.15) is 12.0 Å². The minimum atomic E-state index is -0.483. The second-order valence-electron chi connectivity index (χ2n) is 8.43. The first-order valence-electron chi connectivity index (χ1n) is 11.3. The number of nitrogens with zero attached hydrogens (tertiary/aromatic N) is 3. The third-order valence-corrected chi connectivity index (χ3v) is 6.03. The number of hydrogen-bond acceptors (Lipinski definition) is 6. The molecular formula is C27H24N4O4. The van der Waals surface area contributed by atoms with Crippen LogP contribution in [0.2, 0.25) is 0 Å². The topological polar surface area (TPSA) is 97.6 Å². The van der Waals surface area contributed by atoms with Crippen molar-refractivity contribution < 1.29 is 18.8 Å². The molecule has 0 radical (unpaired) electrons. The van der Waals surface area contributed by atoms with E-state index in [0.717, 1.165) is 16.8 Å². The van der Waals surface area contributed by atoms with E-state index >= 15 is 0 Å². The molecule has 1 N–H and O–H groups in total. The predicted molar refractivity (Wildman–Crippen MR) is 132 cm³/mol. The molecule has 35 heavy (non-hydrogen) atoms. The number of carbonyl (C=O) groups excluding carboxylic acids is 2. The van der Waals surface area contributed by atoms with E-state index in [0.29, 0.717) is 35.3 Å². The van der Waals surface area contributed by atoms with E-state index in [2.05, 4.69) is 15.5 Å². The number of aryl methyl sites for hydroxylation is 1. The molecule has 2 amide bonds. The number of nitrogens with one attached hydrogen (secondary N) is 1. The van der Waals surface area contributed by atoms with Crippen LogP contribution in [0.3, 0.4) is 0 Å². The van der Waals surface area contributed by atoms with Gasteiger partial charge in [-0.05, 0) is 43.3 Å². The maximum Gasteiger partial charge on any atom is 0.260 e. The lowest BCUT2D eigenvalue weighted by Crippen LogP contribution is -2.28. The average molecular weight is 469 g/mol. The Hall–Kier alpha value is -4.46. The lowest BCUT2D eigenvalue weighted by Gasteiger charge is -2.17. The van der Waals surface area contributed by atoms with Crippen LogP contribution >= 0.6 is 0 Å². The molecule has 2 heterocycles. The lowest BCUT2D eigenvalue weighted by atomic mass is 10.1. The number of hydrogen-bond donors (Lipinski definition) is 1. The molecule has 0 unspecified atom stereocenters. The first kappa shape index (κ1) is 22.3. The number of aromatic nitrogens is 2. The Bertz CT molecular complexity index is 1360. The lowest BCUT2D eigenvalue weighted by molar-refractivity contribution is -0.122. The smallest absolute Gasteiger partial charge is 0.260 e. The molecule has 1 aromatic heterocycles. The first-order valence-corrected chi connectivity index (χ1v) is 11.3. The fraction of sp³-hybridized carbons (Fsp3) is 0.185. The predicted octanol–water partition coefficient (Wildman–Crippen LogP) is 4.71. The zero-order valence-corrected chi connectivity index (χ0v) is 19.4. The van der Waals surface area contributed by atoms with Gasteiger partial charge in [-0.1, -0.05) is 47.1 Å². The van der Waals surface area contributed by atoms with E-state index in [4.69, 9.17) is 9.26 Å². The number of amides is 2. The summed E-state index contributed by atoms with van der Waals surface area (Å²) in [7, 11) is 1.59. The van der Waals surface area contributed by atoms with Crippen molar-refractivity contribution in [3.05, 3.63) is 78.4 Å². The van der Waals surface area contributed by atoms with Crippen LogP contribution in [-0.2, 0) is 9.59 Å². The van der Waals surface area contributed by atoms with Crippen LogP contribution in [0.25, 0.3) is 22.8 Å². The second-order valence-corrected chi connectivity index (χ2v) is 8.43. The summed E-state index contributed by atoms with van der Waals surface area (Å²) in [6, 6.07) is 22.3. The van der Waals surface area contributed by atoms with Crippen LogP contribution in [-0.4, -0.2) is 35.6 Å². The molecule has 1 aliphatic heterocycles. The molecule has 1 aliphatic rings. The maximum atomic E-state index is 13.1. The standard InChI is InChI=1S/C27H24N4O4/c1-17-7-9-18(10-8-17)25-29-27(35-30-25)22-5-3-4-6-23(22)28-26(33)19-15-24(32)31(16-19)20-11-13-21(34-2)14-12-20/h3-14,19H,15-16H2,1-2H3,(H,28,33)/t19-/m0/s1. The molecule has 4 aromatic rings. The van der Waals surface area contributed by atoms with Gasteiger partial charge in [0.25, 0.3) is 5.89 Å². The highest BCUT2D eigenvalue weighted by atomic mass is 16.5. The van der Waals surface area contributed by atoms with Crippen molar-refractivity contribution in [3.63, 3.8) is 0 Å². The quantitative estimate of drug-likeness (QED) is 0.440. The molecule has 3 aromatic carbocycles. The highest BCUT2D eigenvalue weighted by molar-refractivity contribution is 6.04. The minimum Gasteiger partial charge on any atom is -0.497 e. The van der Waals surface area contributed by atoms with Crippen LogP contribution < -0.4 is 15.0 Å². The monoisotopic (exact) mass is 468 g/mol. The molecule has 1 fully saturated rings. The summed E-state index contributed by atoms with van der Waals surface area (Å²) in [5, 5.41) is 7.05. The number of rotatable bonds is 6. The van der Waals surface area contributed by atoms with Gasteiger partial charge in [0, 0.05) is 24.2 Å². The fourth-order valence-corrected chi connectivity index (χ4v) is 4.06. The molecule has 0 saturated carbocycles. The largest absolute Gasteiger partial charge is 0.497 e. The summed E-state index contributed by atoms with van der Waals surface area (Å²) in [6.07, 6.45) is 0.137. The van der Waals surface area contributed by atoms with Crippen LogP contribution in [0, 0.1) is 12.8 Å². The van der Waals surface area contributed by atoms with Gasteiger partial charge in [0.05, 0.1) is 24.3 Å². The summed E-state index contributed by atoms with van der Waals surface area (Å²) in [5.74, 6) is 0.668. The summed E-state index contributed by atoms with van der Waals surface area (Å²) >= 11 is 0. The van der Waals surface area contributed by atoms with E-state index in [1.54, 1.807) is 30.2 Å². The molecule has 0 spiro atoms. The van der Waals surface area contributed by atoms with E-state index in [1.165, 1.54) is 0 Å². The zero-order chi connectivity index (χ0) is 24.4. The SMILES string of the molecule is COc1ccc(N2C[C@@H](C(=O)Nc3ccccc3-c3nc(-c4ccc(C)cc4)no3)CC2=O)cc1. The molecule has 8 heteroatoms. The minimum absolute atomic E-state index is 0.0942. The number of anilines is 2. The van der Waals surface area contributed by atoms with Gasteiger partial charge in [-0.2, -0.15) is 4.98 Å². The third-order valence-electron chi connectivity index (χ3n) is 6.03. The molecule has 8 nitrogen and oxygen atoms in total. The highest BCUT2D eigenvalue weighted by Gasteiger charge is 2.35. The van der Waals surface area contributed by atoms with Crippen molar-refractivity contribution in [2.24, 2.45) is 5.92 Å². The van der Waals surface area contributed by atoms with Gasteiger partial charge in [-0.15, -0.1) is 0 Å². The van der Waals surface area contributed by atoms with Crippen LogP contribution in [0.4, 0.5) is 11.4 Å². The number of ether oxygens (including phenoxy) is 1. The zero-order valence-electron chi connectivity index (χ0n) is 19.4. The summed E-state index contributed by atoms with van der Waals surface area (Å²) < 4.78 is 10.7. The Morgan fingerprint density at radius 1 is 1.06 bits per heavy atom. The molecule has 0 aliphatic carbocycles. The van der Waals surface area contributed by atoms with Crippen molar-refractivity contribution in [3.8, 4) is 28.6 Å². The third kappa shape index (κ3) is 4.63. The van der Waals surface area contributed by atoms with E-state index in [1.807, 2.05) is 61.5 Å². The van der Waals surface area contributed by atoms with Crippen molar-refractivity contribution in [2.45, 2.75) is 13.3 Å². The number of para-hydroxylation sites is 1. The number of methoxy groups -OCH3 is 1. The molecule has 5 rings (SSSR count). The Morgan fingerprint density at radius 3 is 2.54 bits per heavy atom. The molecule has 176 valence electrons. The van der Waals surface area contributed by atoms with Crippen molar-refractivity contribution in [1.82, 2.24) is 10.1 Å². The van der Waals surface area contributed by atoms with Crippen LogP contribution in [0.15, 0.2) is 77.3 Å². The second kappa shape index (κ2) is 9.42. The van der Waals surface area contributed by atoms with E-state index in [-0.39, 0.29) is 18.2 Å². The van der Waals surface area contributed by atoms with Gasteiger partial charge in [0.15, 0.2) is 0 Å². The highest BCUT2D eigenvalue weighted by Crippen LogP contribution is 2.31. The summed E-state index contributed by atoms with van der Waals surface area (Å²) in [6.45, 7) is 2.32. The molecular weight excluding hydrogens is 444 g/mol. The van der Waals surface area contributed by atoms with Crippen molar-refractivity contribution >= 4 is 23.2 Å². The van der Waals surface area contributed by atoms with Crippen LogP contribution in [0.5, 0.6) is 5.75 Å². The van der Waals surface area contributed by atoms with Crippen molar-refractivity contribution in [2.75, 3.05) is 23.9 Å². The average Bonchev–Trinajstić information content (AvgIpc) is 3.52. The fourth-order valence-electron chi connectivity index (χ4n) is 4.06. The van der Waals surface area contributed by atoms with Crippen molar-refractivity contribution in [1.29, 1.82) is 0 Å². The Balaban J connectivity index is 1.32. The maximum absolute atomic E-state index is 13.1. The Morgan fingerprint density at radius 2 is 1.80 bits per heavy atom. The van der Waals surface area contributed by atoms with Gasteiger partial charge in [0.1, 0.15) is 5.75 Å². The van der Waals surface area contributed by atoms with E-state index < -0.39 is 5.92 Å². The molecule has 1 atom stereocenters. The molecule has 1 saturated heterocycles. The van der Waals surface area contributed by atoms with Gasteiger partial charge >= 0.3 is 0 Å². The van der Waals surface area contributed by atoms with Gasteiger partial charge in [-0.3, -0.25) is 9.59 Å². The van der Waals surface area contributed by atoms with Gasteiger partial charge in [0.2, 0.25) is 17.6 Å². The Kier molecular flexibility index (Phi) is 6.01. The van der Waals surface area contributed by atoms with Gasteiger partial charge < -0.3 is 19.5 Å². The first-order chi connectivity index (χ1) is 17.0. The number of benzene rings is 3. The summed E-state index contributed by atoms with van der Waals surface area (Å²) in [4.78, 5) is 31.9. The molecule has 0 bridgehead atoms. The normalized spacial score (nSPS) is 15.3. The number of carbonyl (C=O) groups is 2. The van der Waals surface area contributed by atoms with E-state index in [9.17, 15) is 9.59 Å². The summed E-state index contributed by atoms with van der Waals surface area (Å²) in [5.41, 5.74) is 3.88. The Labute approximate surface area is 202 Å². The van der Waals surface area contributed by atoms with Gasteiger partial charge in [-0.25, -0.2) is 0 Å².